The van der Waals surface area contributed by atoms with Gasteiger partial charge in [-0.25, -0.2) is 4.98 Å². The first-order valence-corrected chi connectivity index (χ1v) is 7.88. The molecule has 0 aliphatic carbocycles. The van der Waals surface area contributed by atoms with Crippen molar-refractivity contribution in [3.63, 3.8) is 0 Å². The lowest BCUT2D eigenvalue weighted by Crippen LogP contribution is -2.41. The van der Waals surface area contributed by atoms with Gasteiger partial charge in [0.15, 0.2) is 0 Å². The molecule has 5 heteroatoms. The fourth-order valence-electron chi connectivity index (χ4n) is 2.68. The number of nitrogens with two attached hydrogens (primary N) is 1. The van der Waals surface area contributed by atoms with Crippen LogP contribution < -0.4 is 5.73 Å². The zero-order valence-corrected chi connectivity index (χ0v) is 12.7. The van der Waals surface area contributed by atoms with Crippen molar-refractivity contribution in [2.75, 3.05) is 13.1 Å². The summed E-state index contributed by atoms with van der Waals surface area (Å²) in [6, 6.07) is 0.417. The van der Waals surface area contributed by atoms with Crippen LogP contribution in [-0.4, -0.2) is 29.0 Å². The van der Waals surface area contributed by atoms with Gasteiger partial charge in [0.25, 0.3) is 0 Å². The quantitative estimate of drug-likeness (QED) is 0.927. The van der Waals surface area contributed by atoms with Gasteiger partial charge < -0.3 is 5.73 Å². The van der Waals surface area contributed by atoms with Gasteiger partial charge in [-0.15, -0.1) is 11.3 Å². The molecule has 1 aliphatic rings. The monoisotopic (exact) mass is 287 g/mol. The van der Waals surface area contributed by atoms with Crippen LogP contribution in [0.1, 0.15) is 44.2 Å². The van der Waals surface area contributed by atoms with Crippen molar-refractivity contribution in [3.05, 3.63) is 15.5 Å². The molecule has 102 valence electrons. The van der Waals surface area contributed by atoms with E-state index in [0.29, 0.717) is 5.92 Å². The summed E-state index contributed by atoms with van der Waals surface area (Å²) in [6.45, 7) is 6.70. The van der Waals surface area contributed by atoms with Gasteiger partial charge in [0.2, 0.25) is 0 Å². The Morgan fingerprint density at radius 1 is 1.56 bits per heavy atom. The summed E-state index contributed by atoms with van der Waals surface area (Å²) in [6.07, 6.45) is 5.27. The van der Waals surface area contributed by atoms with E-state index in [0.717, 1.165) is 28.9 Å². The zero-order chi connectivity index (χ0) is 13.1. The van der Waals surface area contributed by atoms with Gasteiger partial charge in [-0.1, -0.05) is 31.9 Å². The Morgan fingerprint density at radius 3 is 2.94 bits per heavy atom. The summed E-state index contributed by atoms with van der Waals surface area (Å²) in [5, 5.41) is 1.08. The summed E-state index contributed by atoms with van der Waals surface area (Å²) >= 11 is 7.59. The number of hydrogen-bond donors (Lipinski definition) is 1. The smallest absolute Gasteiger partial charge is 0.113 e. The number of aromatic nitrogens is 1. The summed E-state index contributed by atoms with van der Waals surface area (Å²) in [7, 11) is 0. The third-order valence-corrected chi connectivity index (χ3v) is 4.57. The highest BCUT2D eigenvalue weighted by Crippen LogP contribution is 2.33. The predicted molar refractivity (Wildman–Crippen MR) is 78.1 cm³/mol. The van der Waals surface area contributed by atoms with Crippen LogP contribution in [0.5, 0.6) is 0 Å². The highest BCUT2D eigenvalue weighted by Gasteiger charge is 2.31. The van der Waals surface area contributed by atoms with Crippen LogP contribution in [0.15, 0.2) is 6.20 Å². The molecule has 0 spiro atoms. The molecule has 0 aromatic carbocycles. The molecule has 0 bridgehead atoms. The van der Waals surface area contributed by atoms with Crippen LogP contribution in [0.3, 0.4) is 0 Å². The number of nitrogens with zero attached hydrogens (tertiary/aromatic N) is 2. The lowest BCUT2D eigenvalue weighted by molar-refractivity contribution is 0.165. The van der Waals surface area contributed by atoms with Crippen LogP contribution in [0, 0.1) is 5.92 Å². The highest BCUT2D eigenvalue weighted by atomic mass is 35.5. The molecule has 1 aliphatic heterocycles. The number of likely N-dealkylation sites (tertiary alicyclic amines) is 1. The maximum atomic E-state index is 6.37. The van der Waals surface area contributed by atoms with E-state index in [-0.39, 0.29) is 12.1 Å². The minimum Gasteiger partial charge on any atom is -0.326 e. The Balaban J connectivity index is 2.22. The normalized spacial score (nSPS) is 26.5. The minimum atomic E-state index is 0.175. The van der Waals surface area contributed by atoms with Crippen LogP contribution in [-0.2, 0) is 0 Å². The maximum absolute atomic E-state index is 6.37. The van der Waals surface area contributed by atoms with Gasteiger partial charge in [-0.05, 0) is 25.3 Å². The molecule has 1 saturated heterocycles. The number of thiazole rings is 1. The van der Waals surface area contributed by atoms with E-state index < -0.39 is 0 Å². The topological polar surface area (TPSA) is 42.1 Å². The van der Waals surface area contributed by atoms with Crippen LogP contribution >= 0.6 is 22.9 Å². The van der Waals surface area contributed by atoms with E-state index in [9.17, 15) is 0 Å². The molecule has 2 N–H and O–H groups in total. The predicted octanol–water partition coefficient (Wildman–Crippen LogP) is 3.31. The highest BCUT2D eigenvalue weighted by molar-refractivity contribution is 7.15. The fourth-order valence-corrected chi connectivity index (χ4v) is 3.82. The first kappa shape index (κ1) is 14.3. The van der Waals surface area contributed by atoms with Gasteiger partial charge in [0, 0.05) is 12.6 Å². The average molecular weight is 288 g/mol. The van der Waals surface area contributed by atoms with E-state index >= 15 is 0 Å². The first-order chi connectivity index (χ1) is 8.58. The SMILES string of the molecule is CC(C)CN1CCCCC(N)C1c1ncc(Cl)s1. The Kier molecular flexibility index (Phi) is 5.01. The van der Waals surface area contributed by atoms with E-state index in [4.69, 9.17) is 17.3 Å². The number of halogens is 1. The van der Waals surface area contributed by atoms with Crippen molar-refractivity contribution in [2.45, 2.75) is 45.2 Å². The molecule has 0 amide bonds. The van der Waals surface area contributed by atoms with Crippen molar-refractivity contribution in [2.24, 2.45) is 11.7 Å². The second-order valence-corrected chi connectivity index (χ2v) is 7.19. The molecule has 1 fully saturated rings. The van der Waals surface area contributed by atoms with Gasteiger partial charge in [0.1, 0.15) is 9.34 Å². The molecule has 3 nitrogen and oxygen atoms in total. The number of hydrogen-bond acceptors (Lipinski definition) is 4. The van der Waals surface area contributed by atoms with E-state index in [2.05, 4.69) is 23.7 Å². The van der Waals surface area contributed by atoms with Gasteiger partial charge in [-0.3, -0.25) is 4.90 Å². The van der Waals surface area contributed by atoms with Crippen molar-refractivity contribution >= 4 is 22.9 Å². The molecule has 2 heterocycles. The zero-order valence-electron chi connectivity index (χ0n) is 11.1. The lowest BCUT2D eigenvalue weighted by atomic mass is 10.0. The lowest BCUT2D eigenvalue weighted by Gasteiger charge is -2.33. The molecule has 2 rings (SSSR count). The van der Waals surface area contributed by atoms with Crippen molar-refractivity contribution in [1.82, 2.24) is 9.88 Å². The molecule has 0 radical (unpaired) electrons. The summed E-state index contributed by atoms with van der Waals surface area (Å²) < 4.78 is 0.756. The van der Waals surface area contributed by atoms with Crippen molar-refractivity contribution < 1.29 is 0 Å². The summed E-state index contributed by atoms with van der Waals surface area (Å²) in [5.41, 5.74) is 6.37. The van der Waals surface area contributed by atoms with Crippen LogP contribution in [0.4, 0.5) is 0 Å². The Hall–Kier alpha value is -0.160. The summed E-state index contributed by atoms with van der Waals surface area (Å²) in [4.78, 5) is 6.95. The standard InChI is InChI=1S/C13H22ClN3S/c1-9(2)8-17-6-4-3-5-10(15)12(17)13-16-7-11(14)18-13/h7,9-10,12H,3-6,8,15H2,1-2H3. The van der Waals surface area contributed by atoms with Crippen molar-refractivity contribution in [3.8, 4) is 0 Å². The third-order valence-electron chi connectivity index (χ3n) is 3.38. The Bertz CT molecular complexity index is 380. The second-order valence-electron chi connectivity index (χ2n) is 5.50. The Labute approximate surface area is 118 Å². The molecule has 2 atom stereocenters. The minimum absolute atomic E-state index is 0.175. The molecular formula is C13H22ClN3S. The summed E-state index contributed by atoms with van der Waals surface area (Å²) in [5.74, 6) is 0.647. The number of rotatable bonds is 3. The van der Waals surface area contributed by atoms with E-state index in [1.807, 2.05) is 0 Å². The Morgan fingerprint density at radius 2 is 2.33 bits per heavy atom. The van der Waals surface area contributed by atoms with Crippen LogP contribution in [0.2, 0.25) is 4.34 Å². The first-order valence-electron chi connectivity index (χ1n) is 6.68. The molecule has 2 unspecified atom stereocenters. The van der Waals surface area contributed by atoms with Gasteiger partial charge in [0.05, 0.1) is 12.2 Å². The third kappa shape index (κ3) is 3.44. The molecule has 0 saturated carbocycles. The van der Waals surface area contributed by atoms with Crippen LogP contribution in [0.25, 0.3) is 0 Å². The molecular weight excluding hydrogens is 266 g/mol. The largest absolute Gasteiger partial charge is 0.326 e. The average Bonchev–Trinajstić information content (AvgIpc) is 2.62. The molecule has 18 heavy (non-hydrogen) atoms. The van der Waals surface area contributed by atoms with Gasteiger partial charge >= 0.3 is 0 Å². The second kappa shape index (κ2) is 6.33. The van der Waals surface area contributed by atoms with E-state index in [1.54, 1.807) is 17.5 Å². The molecule has 1 aromatic heterocycles. The maximum Gasteiger partial charge on any atom is 0.113 e. The molecule has 1 aromatic rings. The fraction of sp³-hybridized carbons (Fsp3) is 0.769. The van der Waals surface area contributed by atoms with E-state index in [1.165, 1.54) is 12.8 Å². The van der Waals surface area contributed by atoms with Crippen molar-refractivity contribution in [1.29, 1.82) is 0 Å². The van der Waals surface area contributed by atoms with Gasteiger partial charge in [-0.2, -0.15) is 0 Å².